The van der Waals surface area contributed by atoms with Crippen molar-refractivity contribution >= 4 is 17.8 Å². The standard InChI is InChI=1S/C24H30N2O6/c1-15(2)22(26-23(28)18-10-19(30-4)12-20(11-18)31-5)24(29)32-14-21(27)25-13-17-9-7-6-8-16(17)3/h6-12,15,22H,13-14H2,1-5H3,(H,25,27)(H,26,28)/t22-/m0/s1. The van der Waals surface area contributed by atoms with Crippen LogP contribution in [0.15, 0.2) is 42.5 Å². The Balaban J connectivity index is 1.95. The van der Waals surface area contributed by atoms with Crippen LogP contribution in [-0.4, -0.2) is 44.7 Å². The lowest BCUT2D eigenvalue weighted by Gasteiger charge is -2.21. The van der Waals surface area contributed by atoms with Gasteiger partial charge in [-0.25, -0.2) is 4.79 Å². The van der Waals surface area contributed by atoms with E-state index in [0.717, 1.165) is 11.1 Å². The minimum Gasteiger partial charge on any atom is -0.497 e. The van der Waals surface area contributed by atoms with Crippen LogP contribution in [0.25, 0.3) is 0 Å². The molecule has 2 aromatic rings. The number of carbonyl (C=O) groups excluding carboxylic acids is 3. The Labute approximate surface area is 188 Å². The molecule has 2 N–H and O–H groups in total. The number of nitrogens with one attached hydrogen (secondary N) is 2. The van der Waals surface area contributed by atoms with Crippen molar-refractivity contribution in [2.75, 3.05) is 20.8 Å². The zero-order valence-electron chi connectivity index (χ0n) is 19.1. The highest BCUT2D eigenvalue weighted by Crippen LogP contribution is 2.22. The highest BCUT2D eigenvalue weighted by molar-refractivity contribution is 5.97. The summed E-state index contributed by atoms with van der Waals surface area (Å²) in [5.41, 5.74) is 2.31. The fourth-order valence-corrected chi connectivity index (χ4v) is 2.94. The number of hydrogen-bond acceptors (Lipinski definition) is 6. The van der Waals surface area contributed by atoms with Crippen LogP contribution in [0.3, 0.4) is 0 Å². The third-order valence-electron chi connectivity index (χ3n) is 4.90. The average molecular weight is 443 g/mol. The lowest BCUT2D eigenvalue weighted by Crippen LogP contribution is -2.46. The van der Waals surface area contributed by atoms with Crippen LogP contribution in [0.4, 0.5) is 0 Å². The molecule has 0 aliphatic carbocycles. The van der Waals surface area contributed by atoms with Gasteiger partial charge < -0.3 is 24.8 Å². The average Bonchev–Trinajstić information content (AvgIpc) is 2.79. The third-order valence-corrected chi connectivity index (χ3v) is 4.90. The molecule has 0 bridgehead atoms. The number of amides is 2. The van der Waals surface area contributed by atoms with Gasteiger partial charge in [0.25, 0.3) is 11.8 Å². The van der Waals surface area contributed by atoms with Gasteiger partial charge in [0.05, 0.1) is 14.2 Å². The maximum Gasteiger partial charge on any atom is 0.329 e. The van der Waals surface area contributed by atoms with Crippen molar-refractivity contribution in [1.29, 1.82) is 0 Å². The number of rotatable bonds is 10. The Hall–Kier alpha value is -3.55. The molecule has 0 aliphatic heterocycles. The summed E-state index contributed by atoms with van der Waals surface area (Å²) in [5, 5.41) is 5.39. The second-order valence-electron chi connectivity index (χ2n) is 7.61. The van der Waals surface area contributed by atoms with Gasteiger partial charge >= 0.3 is 5.97 Å². The second-order valence-corrected chi connectivity index (χ2v) is 7.61. The first-order chi connectivity index (χ1) is 15.2. The van der Waals surface area contributed by atoms with E-state index in [2.05, 4.69) is 10.6 Å². The molecule has 2 rings (SSSR count). The number of hydrogen-bond donors (Lipinski definition) is 2. The van der Waals surface area contributed by atoms with E-state index in [4.69, 9.17) is 14.2 Å². The van der Waals surface area contributed by atoms with E-state index in [1.807, 2.05) is 31.2 Å². The van der Waals surface area contributed by atoms with Gasteiger partial charge in [-0.3, -0.25) is 9.59 Å². The number of esters is 1. The molecule has 0 saturated heterocycles. The highest BCUT2D eigenvalue weighted by Gasteiger charge is 2.27. The van der Waals surface area contributed by atoms with Crippen molar-refractivity contribution in [2.45, 2.75) is 33.4 Å². The van der Waals surface area contributed by atoms with Crippen LogP contribution in [0.1, 0.15) is 35.3 Å². The molecular formula is C24H30N2O6. The van der Waals surface area contributed by atoms with Crippen LogP contribution in [0, 0.1) is 12.8 Å². The first kappa shape index (κ1) is 24.7. The number of ether oxygens (including phenoxy) is 3. The maximum atomic E-state index is 12.7. The molecule has 0 saturated carbocycles. The fraction of sp³-hybridized carbons (Fsp3) is 0.375. The van der Waals surface area contributed by atoms with Crippen LogP contribution < -0.4 is 20.1 Å². The Morgan fingerprint density at radius 1 is 0.969 bits per heavy atom. The van der Waals surface area contributed by atoms with E-state index in [1.165, 1.54) is 14.2 Å². The van der Waals surface area contributed by atoms with Gasteiger partial charge in [-0.15, -0.1) is 0 Å². The van der Waals surface area contributed by atoms with Gasteiger partial charge in [0, 0.05) is 18.2 Å². The lowest BCUT2D eigenvalue weighted by atomic mass is 10.0. The highest BCUT2D eigenvalue weighted by atomic mass is 16.5. The van der Waals surface area contributed by atoms with E-state index in [1.54, 1.807) is 32.0 Å². The number of aryl methyl sites for hydroxylation is 1. The summed E-state index contributed by atoms with van der Waals surface area (Å²) in [4.78, 5) is 37.4. The SMILES string of the molecule is COc1cc(OC)cc(C(=O)N[C@H](C(=O)OCC(=O)NCc2ccccc2C)C(C)C)c1. The van der Waals surface area contributed by atoms with Gasteiger partial charge in [-0.1, -0.05) is 38.1 Å². The summed E-state index contributed by atoms with van der Waals surface area (Å²) in [7, 11) is 2.96. The molecule has 2 aromatic carbocycles. The zero-order valence-corrected chi connectivity index (χ0v) is 19.1. The third kappa shape index (κ3) is 7.01. The summed E-state index contributed by atoms with van der Waals surface area (Å²) in [6, 6.07) is 11.5. The van der Waals surface area contributed by atoms with Crippen molar-refractivity contribution in [3.8, 4) is 11.5 Å². The zero-order chi connectivity index (χ0) is 23.7. The summed E-state index contributed by atoms with van der Waals surface area (Å²) in [6.45, 7) is 5.41. The molecule has 32 heavy (non-hydrogen) atoms. The van der Waals surface area contributed by atoms with E-state index in [9.17, 15) is 14.4 Å². The number of benzene rings is 2. The minimum absolute atomic E-state index is 0.256. The maximum absolute atomic E-state index is 12.7. The molecule has 172 valence electrons. The van der Waals surface area contributed by atoms with Crippen LogP contribution >= 0.6 is 0 Å². The van der Waals surface area contributed by atoms with E-state index in [-0.39, 0.29) is 11.5 Å². The Morgan fingerprint density at radius 2 is 1.59 bits per heavy atom. The Kier molecular flexibility index (Phi) is 9.07. The molecule has 0 radical (unpaired) electrons. The smallest absolute Gasteiger partial charge is 0.329 e. The van der Waals surface area contributed by atoms with Gasteiger partial charge in [-0.2, -0.15) is 0 Å². The van der Waals surface area contributed by atoms with Crippen LogP contribution in [0.5, 0.6) is 11.5 Å². The molecule has 2 amide bonds. The predicted molar refractivity (Wildman–Crippen MR) is 120 cm³/mol. The second kappa shape index (κ2) is 11.7. The largest absolute Gasteiger partial charge is 0.497 e. The summed E-state index contributed by atoms with van der Waals surface area (Å²) in [6.07, 6.45) is 0. The first-order valence-electron chi connectivity index (χ1n) is 10.3. The van der Waals surface area contributed by atoms with Crippen LogP contribution in [-0.2, 0) is 20.9 Å². The normalized spacial score (nSPS) is 11.4. The molecule has 0 heterocycles. The van der Waals surface area contributed by atoms with Gasteiger partial charge in [-0.05, 0) is 36.1 Å². The molecule has 0 aliphatic rings. The van der Waals surface area contributed by atoms with Gasteiger partial charge in [0.2, 0.25) is 0 Å². The van der Waals surface area contributed by atoms with E-state index >= 15 is 0 Å². The number of carbonyl (C=O) groups is 3. The number of methoxy groups -OCH3 is 2. The molecule has 8 heteroatoms. The summed E-state index contributed by atoms with van der Waals surface area (Å²) >= 11 is 0. The molecular weight excluding hydrogens is 412 g/mol. The minimum atomic E-state index is -0.927. The van der Waals surface area contributed by atoms with E-state index in [0.29, 0.717) is 18.0 Å². The fourth-order valence-electron chi connectivity index (χ4n) is 2.94. The molecule has 0 unspecified atom stereocenters. The van der Waals surface area contributed by atoms with Crippen molar-refractivity contribution in [3.05, 3.63) is 59.2 Å². The molecule has 8 nitrogen and oxygen atoms in total. The predicted octanol–water partition coefficient (Wildman–Crippen LogP) is 2.63. The molecule has 0 spiro atoms. The quantitative estimate of drug-likeness (QED) is 0.549. The summed E-state index contributed by atoms with van der Waals surface area (Å²) < 4.78 is 15.5. The van der Waals surface area contributed by atoms with Gasteiger partial charge in [0.1, 0.15) is 17.5 Å². The van der Waals surface area contributed by atoms with Crippen molar-refractivity contribution in [3.63, 3.8) is 0 Å². The summed E-state index contributed by atoms with van der Waals surface area (Å²) in [5.74, 6) is -0.954. The molecule has 1 atom stereocenters. The van der Waals surface area contributed by atoms with Crippen LogP contribution in [0.2, 0.25) is 0 Å². The topological polar surface area (TPSA) is 103 Å². The monoisotopic (exact) mass is 442 g/mol. The molecule has 0 aromatic heterocycles. The first-order valence-corrected chi connectivity index (χ1v) is 10.3. The van der Waals surface area contributed by atoms with Crippen molar-refractivity contribution < 1.29 is 28.6 Å². The van der Waals surface area contributed by atoms with E-state index < -0.39 is 30.4 Å². The lowest BCUT2D eigenvalue weighted by molar-refractivity contribution is -0.151. The van der Waals surface area contributed by atoms with Gasteiger partial charge in [0.15, 0.2) is 6.61 Å². The van der Waals surface area contributed by atoms with Crippen molar-refractivity contribution in [2.24, 2.45) is 5.92 Å². The van der Waals surface area contributed by atoms with Crippen molar-refractivity contribution in [1.82, 2.24) is 10.6 Å². The Bertz CT molecular complexity index is 935. The molecule has 0 fully saturated rings. The Morgan fingerprint density at radius 3 is 2.16 bits per heavy atom.